The van der Waals surface area contributed by atoms with Crippen LogP contribution in [0.3, 0.4) is 0 Å². The summed E-state index contributed by atoms with van der Waals surface area (Å²) < 4.78 is 0. The Labute approximate surface area is 116 Å². The largest absolute Gasteiger partial charge is 0.355 e. The highest BCUT2D eigenvalue weighted by Crippen LogP contribution is 2.10. The van der Waals surface area contributed by atoms with Crippen molar-refractivity contribution >= 4 is 5.91 Å². The first-order chi connectivity index (χ1) is 9.08. The van der Waals surface area contributed by atoms with Gasteiger partial charge in [-0.05, 0) is 44.9 Å². The number of carbonyl (C=O) groups excluding carboxylic acids is 1. The van der Waals surface area contributed by atoms with Gasteiger partial charge in [-0.2, -0.15) is 0 Å². The molecular weight excluding hydrogens is 236 g/mol. The van der Waals surface area contributed by atoms with Gasteiger partial charge in [0.1, 0.15) is 0 Å². The van der Waals surface area contributed by atoms with Crippen LogP contribution in [0.1, 0.15) is 30.0 Å². The standard InChI is InChI=1S/C16H26N2O/c1-5-14(11-17-4)16(19)18-9-8-15-7-6-12(2)10-13(15)3/h6-7,10,14,17H,5,8-9,11H2,1-4H3,(H,18,19). The van der Waals surface area contributed by atoms with Gasteiger partial charge >= 0.3 is 0 Å². The highest BCUT2D eigenvalue weighted by Gasteiger charge is 2.14. The molecule has 0 heterocycles. The van der Waals surface area contributed by atoms with Gasteiger partial charge in [-0.25, -0.2) is 0 Å². The van der Waals surface area contributed by atoms with Gasteiger partial charge in [0.05, 0.1) is 5.92 Å². The number of carbonyl (C=O) groups is 1. The Hall–Kier alpha value is -1.35. The van der Waals surface area contributed by atoms with E-state index < -0.39 is 0 Å². The zero-order valence-electron chi connectivity index (χ0n) is 12.5. The van der Waals surface area contributed by atoms with E-state index in [1.165, 1.54) is 16.7 Å². The predicted octanol–water partition coefficient (Wildman–Crippen LogP) is 2.21. The molecule has 2 N–H and O–H groups in total. The number of benzene rings is 1. The summed E-state index contributed by atoms with van der Waals surface area (Å²) in [5.41, 5.74) is 3.90. The summed E-state index contributed by atoms with van der Waals surface area (Å²) in [6, 6.07) is 6.47. The van der Waals surface area contributed by atoms with Crippen molar-refractivity contribution in [3.05, 3.63) is 34.9 Å². The Morgan fingerprint density at radius 1 is 1.32 bits per heavy atom. The molecule has 3 heteroatoms. The van der Waals surface area contributed by atoms with Gasteiger partial charge in [-0.15, -0.1) is 0 Å². The van der Waals surface area contributed by atoms with E-state index >= 15 is 0 Å². The summed E-state index contributed by atoms with van der Waals surface area (Å²) in [6.45, 7) is 7.72. The fourth-order valence-electron chi connectivity index (χ4n) is 2.26. The molecule has 0 radical (unpaired) electrons. The lowest BCUT2D eigenvalue weighted by Gasteiger charge is -2.15. The summed E-state index contributed by atoms with van der Waals surface area (Å²) in [6.07, 6.45) is 1.77. The van der Waals surface area contributed by atoms with Crippen molar-refractivity contribution in [2.75, 3.05) is 20.1 Å². The van der Waals surface area contributed by atoms with Crippen molar-refractivity contribution in [3.8, 4) is 0 Å². The van der Waals surface area contributed by atoms with Gasteiger partial charge < -0.3 is 10.6 Å². The lowest BCUT2D eigenvalue weighted by molar-refractivity contribution is -0.124. The second-order valence-electron chi connectivity index (χ2n) is 5.13. The van der Waals surface area contributed by atoms with Crippen LogP contribution in [0.2, 0.25) is 0 Å². The lowest BCUT2D eigenvalue weighted by Crippen LogP contribution is -2.36. The Morgan fingerprint density at radius 2 is 2.05 bits per heavy atom. The van der Waals surface area contributed by atoms with Crippen LogP contribution in [0.15, 0.2) is 18.2 Å². The zero-order valence-corrected chi connectivity index (χ0v) is 12.5. The Kier molecular flexibility index (Phi) is 6.57. The first-order valence-corrected chi connectivity index (χ1v) is 7.07. The summed E-state index contributed by atoms with van der Waals surface area (Å²) in [5, 5.41) is 6.09. The molecule has 19 heavy (non-hydrogen) atoms. The van der Waals surface area contributed by atoms with Crippen LogP contribution in [-0.2, 0) is 11.2 Å². The second kappa shape index (κ2) is 7.95. The Balaban J connectivity index is 2.43. The first-order valence-electron chi connectivity index (χ1n) is 7.07. The molecule has 1 unspecified atom stereocenters. The molecule has 0 saturated heterocycles. The molecule has 0 fully saturated rings. The van der Waals surface area contributed by atoms with Crippen LogP contribution in [0.25, 0.3) is 0 Å². The predicted molar refractivity (Wildman–Crippen MR) is 80.3 cm³/mol. The maximum absolute atomic E-state index is 11.9. The molecule has 3 nitrogen and oxygen atoms in total. The van der Waals surface area contributed by atoms with Crippen molar-refractivity contribution < 1.29 is 4.79 Å². The number of aryl methyl sites for hydroxylation is 2. The van der Waals surface area contributed by atoms with Crippen molar-refractivity contribution in [2.24, 2.45) is 5.92 Å². The monoisotopic (exact) mass is 262 g/mol. The van der Waals surface area contributed by atoms with Gasteiger partial charge in [-0.1, -0.05) is 30.7 Å². The molecule has 0 aliphatic carbocycles. The SMILES string of the molecule is CCC(CNC)C(=O)NCCc1ccc(C)cc1C. The van der Waals surface area contributed by atoms with Gasteiger partial charge in [-0.3, -0.25) is 4.79 Å². The second-order valence-corrected chi connectivity index (χ2v) is 5.13. The minimum absolute atomic E-state index is 0.0733. The van der Waals surface area contributed by atoms with E-state index in [1.54, 1.807) is 0 Å². The first kappa shape index (κ1) is 15.7. The van der Waals surface area contributed by atoms with Crippen LogP contribution < -0.4 is 10.6 Å². The van der Waals surface area contributed by atoms with E-state index in [9.17, 15) is 4.79 Å². The van der Waals surface area contributed by atoms with E-state index in [-0.39, 0.29) is 11.8 Å². The third-order valence-corrected chi connectivity index (χ3v) is 3.51. The van der Waals surface area contributed by atoms with Gasteiger partial charge in [0, 0.05) is 13.1 Å². The van der Waals surface area contributed by atoms with Crippen LogP contribution in [0.5, 0.6) is 0 Å². The van der Waals surface area contributed by atoms with E-state index in [2.05, 4.69) is 42.7 Å². The molecular formula is C16H26N2O. The Morgan fingerprint density at radius 3 is 2.63 bits per heavy atom. The molecule has 1 aromatic rings. The van der Waals surface area contributed by atoms with Gasteiger partial charge in [0.2, 0.25) is 5.91 Å². The summed E-state index contributed by atoms with van der Waals surface area (Å²) in [7, 11) is 1.88. The van der Waals surface area contributed by atoms with Crippen LogP contribution in [-0.4, -0.2) is 26.0 Å². The van der Waals surface area contributed by atoms with Gasteiger partial charge in [0.15, 0.2) is 0 Å². The average molecular weight is 262 g/mol. The van der Waals surface area contributed by atoms with Crippen molar-refractivity contribution in [2.45, 2.75) is 33.6 Å². The number of hydrogen-bond donors (Lipinski definition) is 2. The molecule has 0 aliphatic rings. The third-order valence-electron chi connectivity index (χ3n) is 3.51. The fourth-order valence-corrected chi connectivity index (χ4v) is 2.26. The highest BCUT2D eigenvalue weighted by atomic mass is 16.1. The minimum atomic E-state index is 0.0733. The molecule has 0 spiro atoms. The topological polar surface area (TPSA) is 41.1 Å². The van der Waals surface area contributed by atoms with E-state index in [0.717, 1.165) is 19.4 Å². The average Bonchev–Trinajstić information content (AvgIpc) is 2.38. The van der Waals surface area contributed by atoms with Crippen molar-refractivity contribution in [1.29, 1.82) is 0 Å². The third kappa shape index (κ3) is 5.03. The molecule has 0 aromatic heterocycles. The molecule has 0 saturated carbocycles. The summed E-state index contributed by atoms with van der Waals surface area (Å²) in [5.74, 6) is 0.228. The molecule has 1 aromatic carbocycles. The smallest absolute Gasteiger partial charge is 0.224 e. The lowest BCUT2D eigenvalue weighted by atomic mass is 10.0. The molecule has 1 rings (SSSR count). The number of rotatable bonds is 7. The molecule has 0 aliphatic heterocycles. The molecule has 0 bridgehead atoms. The molecule has 1 atom stereocenters. The number of nitrogens with one attached hydrogen (secondary N) is 2. The zero-order chi connectivity index (χ0) is 14.3. The van der Waals surface area contributed by atoms with E-state index in [4.69, 9.17) is 0 Å². The maximum atomic E-state index is 11.9. The van der Waals surface area contributed by atoms with Crippen LogP contribution in [0.4, 0.5) is 0 Å². The van der Waals surface area contributed by atoms with Crippen LogP contribution >= 0.6 is 0 Å². The fraction of sp³-hybridized carbons (Fsp3) is 0.562. The summed E-state index contributed by atoms with van der Waals surface area (Å²) >= 11 is 0. The molecule has 106 valence electrons. The van der Waals surface area contributed by atoms with Gasteiger partial charge in [0.25, 0.3) is 0 Å². The summed E-state index contributed by atoms with van der Waals surface area (Å²) in [4.78, 5) is 11.9. The number of hydrogen-bond acceptors (Lipinski definition) is 2. The maximum Gasteiger partial charge on any atom is 0.224 e. The Bertz CT molecular complexity index is 415. The number of amides is 1. The van der Waals surface area contributed by atoms with Crippen molar-refractivity contribution in [3.63, 3.8) is 0 Å². The van der Waals surface area contributed by atoms with Crippen LogP contribution in [0, 0.1) is 19.8 Å². The normalized spacial score (nSPS) is 12.2. The molecule has 1 amide bonds. The highest BCUT2D eigenvalue weighted by molar-refractivity contribution is 5.78. The minimum Gasteiger partial charge on any atom is -0.355 e. The quantitative estimate of drug-likeness (QED) is 0.791. The van der Waals surface area contributed by atoms with E-state index in [1.807, 2.05) is 14.0 Å². The van der Waals surface area contributed by atoms with E-state index in [0.29, 0.717) is 6.54 Å². The van der Waals surface area contributed by atoms with Crippen molar-refractivity contribution in [1.82, 2.24) is 10.6 Å².